The summed E-state index contributed by atoms with van der Waals surface area (Å²) < 4.78 is 28.4. The van der Waals surface area contributed by atoms with Gasteiger partial charge in [0.15, 0.2) is 9.84 Å². The first-order chi connectivity index (χ1) is 12.0. The van der Waals surface area contributed by atoms with Gasteiger partial charge in [0.1, 0.15) is 17.5 Å². The second-order valence-corrected chi connectivity index (χ2v) is 8.92. The summed E-state index contributed by atoms with van der Waals surface area (Å²) in [6.07, 6.45) is 4.17. The molecule has 0 aromatic heterocycles. The predicted octanol–water partition coefficient (Wildman–Crippen LogP) is -0.377. The SMILES string of the molecule is COc1ccc(/C=C/C(=O)N2CC[NH+]([C@@H]3CCS(=O)(=O)C3)CC2)cc1. The van der Waals surface area contributed by atoms with Crippen LogP contribution in [0.25, 0.3) is 6.08 Å². The van der Waals surface area contributed by atoms with Crippen molar-refractivity contribution < 1.29 is 22.8 Å². The Morgan fingerprint density at radius 2 is 1.92 bits per heavy atom. The number of quaternary nitrogens is 1. The number of nitrogens with one attached hydrogen (secondary N) is 1. The molecule has 0 bridgehead atoms. The van der Waals surface area contributed by atoms with Crippen LogP contribution in [0.3, 0.4) is 0 Å². The number of nitrogens with zero attached hydrogens (tertiary/aromatic N) is 1. The molecule has 25 heavy (non-hydrogen) atoms. The number of benzene rings is 1. The third-order valence-electron chi connectivity index (χ3n) is 5.06. The van der Waals surface area contributed by atoms with E-state index in [4.69, 9.17) is 4.74 Å². The van der Waals surface area contributed by atoms with E-state index in [0.717, 1.165) is 30.8 Å². The van der Waals surface area contributed by atoms with Crippen molar-refractivity contribution >= 4 is 21.8 Å². The number of piperazine rings is 1. The predicted molar refractivity (Wildman–Crippen MR) is 96.4 cm³/mol. The van der Waals surface area contributed by atoms with Gasteiger partial charge in [-0.2, -0.15) is 0 Å². The summed E-state index contributed by atoms with van der Waals surface area (Å²) >= 11 is 0. The maximum Gasteiger partial charge on any atom is 0.246 e. The molecule has 1 amide bonds. The molecule has 0 unspecified atom stereocenters. The van der Waals surface area contributed by atoms with Crippen LogP contribution in [0.2, 0.25) is 0 Å². The molecule has 2 aliphatic heterocycles. The quantitative estimate of drug-likeness (QED) is 0.739. The molecule has 0 spiro atoms. The highest BCUT2D eigenvalue weighted by atomic mass is 32.2. The van der Waals surface area contributed by atoms with Crippen LogP contribution in [0, 0.1) is 0 Å². The molecule has 2 saturated heterocycles. The summed E-state index contributed by atoms with van der Waals surface area (Å²) in [4.78, 5) is 15.5. The van der Waals surface area contributed by atoms with E-state index < -0.39 is 9.84 Å². The maximum absolute atomic E-state index is 12.3. The first-order valence-corrected chi connectivity index (χ1v) is 10.4. The molecule has 136 valence electrons. The van der Waals surface area contributed by atoms with Crippen molar-refractivity contribution in [3.63, 3.8) is 0 Å². The molecule has 6 nitrogen and oxygen atoms in total. The number of rotatable bonds is 4. The summed E-state index contributed by atoms with van der Waals surface area (Å²) in [5, 5.41) is 0. The smallest absolute Gasteiger partial charge is 0.246 e. The lowest BCUT2D eigenvalue weighted by Gasteiger charge is -2.34. The van der Waals surface area contributed by atoms with Gasteiger partial charge >= 0.3 is 0 Å². The minimum atomic E-state index is -2.84. The van der Waals surface area contributed by atoms with Crippen molar-refractivity contribution in [3.05, 3.63) is 35.9 Å². The van der Waals surface area contributed by atoms with Crippen LogP contribution in [0.5, 0.6) is 5.75 Å². The normalized spacial score (nSPS) is 23.9. The fraction of sp³-hybridized carbons (Fsp3) is 0.500. The van der Waals surface area contributed by atoms with Crippen molar-refractivity contribution in [2.45, 2.75) is 12.5 Å². The van der Waals surface area contributed by atoms with Crippen LogP contribution in [0.1, 0.15) is 12.0 Å². The van der Waals surface area contributed by atoms with Crippen LogP contribution < -0.4 is 9.64 Å². The van der Waals surface area contributed by atoms with Crippen LogP contribution in [0.4, 0.5) is 0 Å². The van der Waals surface area contributed by atoms with E-state index in [0.29, 0.717) is 24.6 Å². The topological polar surface area (TPSA) is 68.1 Å². The number of methoxy groups -OCH3 is 1. The summed E-state index contributed by atoms with van der Waals surface area (Å²) in [5.41, 5.74) is 0.953. The molecule has 1 N–H and O–H groups in total. The molecule has 3 rings (SSSR count). The molecule has 2 heterocycles. The second kappa shape index (κ2) is 7.58. The van der Waals surface area contributed by atoms with E-state index in [2.05, 4.69) is 0 Å². The lowest BCUT2D eigenvalue weighted by Crippen LogP contribution is -3.18. The second-order valence-electron chi connectivity index (χ2n) is 6.69. The monoisotopic (exact) mass is 365 g/mol. The molecule has 1 aromatic carbocycles. The zero-order valence-corrected chi connectivity index (χ0v) is 15.3. The molecular weight excluding hydrogens is 340 g/mol. The average Bonchev–Trinajstić information content (AvgIpc) is 3.00. The van der Waals surface area contributed by atoms with Gasteiger partial charge in [0.2, 0.25) is 5.91 Å². The minimum Gasteiger partial charge on any atom is -0.497 e. The first kappa shape index (κ1) is 17.9. The fourth-order valence-electron chi connectivity index (χ4n) is 3.53. The Hall–Kier alpha value is -1.86. The van der Waals surface area contributed by atoms with Gasteiger partial charge in [0.05, 0.1) is 39.0 Å². The first-order valence-electron chi connectivity index (χ1n) is 8.63. The third kappa shape index (κ3) is 4.61. The number of carbonyl (C=O) groups is 1. The molecule has 0 saturated carbocycles. The third-order valence-corrected chi connectivity index (χ3v) is 6.83. The number of hydrogen-bond acceptors (Lipinski definition) is 4. The van der Waals surface area contributed by atoms with Gasteiger partial charge in [0, 0.05) is 12.5 Å². The van der Waals surface area contributed by atoms with Gasteiger partial charge in [0.25, 0.3) is 0 Å². The van der Waals surface area contributed by atoms with Crippen LogP contribution in [0.15, 0.2) is 30.3 Å². The van der Waals surface area contributed by atoms with Crippen molar-refractivity contribution in [1.82, 2.24) is 4.90 Å². The Morgan fingerprint density at radius 3 is 2.48 bits per heavy atom. The van der Waals surface area contributed by atoms with Gasteiger partial charge < -0.3 is 14.5 Å². The Balaban J connectivity index is 1.50. The standard InChI is InChI=1S/C18H24N2O4S/c1-24-17-5-2-15(3-6-17)4-7-18(21)20-11-9-19(10-12-20)16-8-13-25(22,23)14-16/h2-7,16H,8-14H2,1H3/p+1/b7-4+/t16-/m1/s1. The molecule has 2 aliphatic rings. The largest absolute Gasteiger partial charge is 0.497 e. The van der Waals surface area contributed by atoms with E-state index in [-0.39, 0.29) is 11.9 Å². The van der Waals surface area contributed by atoms with Crippen LogP contribution >= 0.6 is 0 Å². The molecule has 0 aliphatic carbocycles. The average molecular weight is 365 g/mol. The van der Waals surface area contributed by atoms with E-state index in [9.17, 15) is 13.2 Å². The highest BCUT2D eigenvalue weighted by Gasteiger charge is 2.37. The van der Waals surface area contributed by atoms with E-state index >= 15 is 0 Å². The molecular formula is C18H25N2O4S+. The van der Waals surface area contributed by atoms with Gasteiger partial charge in [-0.3, -0.25) is 4.79 Å². The Kier molecular flexibility index (Phi) is 5.44. The lowest BCUT2D eigenvalue weighted by molar-refractivity contribution is -0.925. The van der Waals surface area contributed by atoms with Crippen LogP contribution in [-0.2, 0) is 14.6 Å². The van der Waals surface area contributed by atoms with E-state index in [1.807, 2.05) is 35.2 Å². The highest BCUT2D eigenvalue weighted by molar-refractivity contribution is 7.91. The molecule has 1 aromatic rings. The van der Waals surface area contributed by atoms with Crippen molar-refractivity contribution in [2.75, 3.05) is 44.8 Å². The van der Waals surface area contributed by atoms with Gasteiger partial charge in [-0.1, -0.05) is 12.1 Å². The summed E-state index contributed by atoms with van der Waals surface area (Å²) in [6.45, 7) is 3.00. The van der Waals surface area contributed by atoms with Crippen molar-refractivity contribution in [3.8, 4) is 5.75 Å². The molecule has 7 heteroatoms. The molecule has 1 atom stereocenters. The summed E-state index contributed by atoms with van der Waals surface area (Å²) in [6, 6.07) is 7.75. The summed E-state index contributed by atoms with van der Waals surface area (Å²) in [7, 11) is -1.22. The lowest BCUT2D eigenvalue weighted by atomic mass is 10.1. The number of ether oxygens (including phenoxy) is 1. The number of hydrogen-bond donors (Lipinski definition) is 1. The zero-order valence-electron chi connectivity index (χ0n) is 14.5. The Bertz CT molecular complexity index is 735. The van der Waals surface area contributed by atoms with Gasteiger partial charge in [-0.05, 0) is 23.8 Å². The number of carbonyl (C=O) groups excluding carboxylic acids is 1. The molecule has 0 radical (unpaired) electrons. The maximum atomic E-state index is 12.3. The Morgan fingerprint density at radius 1 is 1.24 bits per heavy atom. The van der Waals surface area contributed by atoms with E-state index in [1.165, 1.54) is 4.90 Å². The summed E-state index contributed by atoms with van der Waals surface area (Å²) in [5.74, 6) is 1.41. The van der Waals surface area contributed by atoms with Crippen molar-refractivity contribution in [2.24, 2.45) is 0 Å². The fourth-order valence-corrected chi connectivity index (χ4v) is 5.35. The van der Waals surface area contributed by atoms with E-state index in [1.54, 1.807) is 13.2 Å². The Labute approximate surface area is 149 Å². The van der Waals surface area contributed by atoms with Crippen LogP contribution in [-0.4, -0.2) is 70.1 Å². The zero-order chi connectivity index (χ0) is 17.9. The minimum absolute atomic E-state index is 0.00825. The molecule has 2 fully saturated rings. The van der Waals surface area contributed by atoms with Crippen molar-refractivity contribution in [1.29, 1.82) is 0 Å². The van der Waals surface area contributed by atoms with Gasteiger partial charge in [-0.25, -0.2) is 8.42 Å². The number of sulfone groups is 1. The number of amides is 1. The van der Waals surface area contributed by atoms with Gasteiger partial charge in [-0.15, -0.1) is 0 Å². The highest BCUT2D eigenvalue weighted by Crippen LogP contribution is 2.13.